The first-order chi connectivity index (χ1) is 8.97. The number of methoxy groups -OCH3 is 1. The minimum absolute atomic E-state index is 0.0698. The Labute approximate surface area is 109 Å². The van der Waals surface area contributed by atoms with Crippen LogP contribution in [0.1, 0.15) is 11.7 Å². The average molecular weight is 270 g/mol. The highest BCUT2D eigenvalue weighted by molar-refractivity contribution is 5.75. The fraction of sp³-hybridized carbons (Fsp3) is 0.333. The van der Waals surface area contributed by atoms with E-state index in [9.17, 15) is 19.8 Å². The van der Waals surface area contributed by atoms with Gasteiger partial charge in [-0.25, -0.2) is 9.59 Å². The average Bonchev–Trinajstić information content (AvgIpc) is 2.42. The van der Waals surface area contributed by atoms with Crippen LogP contribution in [0.5, 0.6) is 5.75 Å². The van der Waals surface area contributed by atoms with E-state index in [1.165, 1.54) is 12.1 Å². The lowest BCUT2D eigenvalue weighted by Gasteiger charge is -2.18. The zero-order valence-corrected chi connectivity index (χ0v) is 10.1. The van der Waals surface area contributed by atoms with Crippen LogP contribution in [0.3, 0.4) is 0 Å². The van der Waals surface area contributed by atoms with E-state index in [1.54, 1.807) is 12.1 Å². The summed E-state index contributed by atoms with van der Waals surface area (Å²) in [5, 5.41) is 27.9. The van der Waals surface area contributed by atoms with Gasteiger partial charge in [-0.2, -0.15) is 0 Å². The Balaban J connectivity index is 2.92. The van der Waals surface area contributed by atoms with Crippen molar-refractivity contribution in [2.75, 3.05) is 13.7 Å². The van der Waals surface area contributed by atoms with Gasteiger partial charge >= 0.3 is 11.9 Å². The summed E-state index contributed by atoms with van der Waals surface area (Å²) in [7, 11) is 1.07. The van der Waals surface area contributed by atoms with Crippen molar-refractivity contribution in [3.05, 3.63) is 29.8 Å². The summed E-state index contributed by atoms with van der Waals surface area (Å²) in [6.07, 6.45) is -3.35. The second-order valence-electron chi connectivity index (χ2n) is 3.63. The number of para-hydroxylation sites is 1. The summed E-state index contributed by atoms with van der Waals surface area (Å²) >= 11 is 0. The minimum atomic E-state index is -1.78. The van der Waals surface area contributed by atoms with Crippen molar-refractivity contribution in [1.29, 1.82) is 0 Å². The molecule has 1 aromatic carbocycles. The molecule has 0 radical (unpaired) electrons. The maximum absolute atomic E-state index is 11.1. The van der Waals surface area contributed by atoms with Crippen molar-refractivity contribution in [2.24, 2.45) is 0 Å². The lowest BCUT2D eigenvalue weighted by Crippen LogP contribution is -2.29. The molecule has 2 unspecified atom stereocenters. The number of hydrogen-bond donors (Lipinski definition) is 3. The third-order valence-corrected chi connectivity index (χ3v) is 2.33. The first-order valence-electron chi connectivity index (χ1n) is 5.35. The number of hydrogen-bond acceptors (Lipinski definition) is 6. The minimum Gasteiger partial charge on any atom is -0.482 e. The molecule has 1 aromatic rings. The number of carboxylic acid groups (broad SMARTS) is 1. The topological polar surface area (TPSA) is 113 Å². The number of carbonyl (C=O) groups is 2. The van der Waals surface area contributed by atoms with Crippen LogP contribution in [-0.4, -0.2) is 47.1 Å². The number of aliphatic carboxylic acids is 1. The van der Waals surface area contributed by atoms with Gasteiger partial charge in [-0.1, -0.05) is 18.2 Å². The molecular formula is C12H14O7. The summed E-state index contributed by atoms with van der Waals surface area (Å²) in [6.45, 7) is -0.599. The monoisotopic (exact) mass is 270 g/mol. The first kappa shape index (κ1) is 14.9. The van der Waals surface area contributed by atoms with Gasteiger partial charge in [-0.05, 0) is 6.07 Å². The predicted molar refractivity (Wildman–Crippen MR) is 62.6 cm³/mol. The molecule has 0 bridgehead atoms. The number of carboxylic acids is 1. The maximum atomic E-state index is 11.1. The highest BCUT2D eigenvalue weighted by atomic mass is 16.5. The highest BCUT2D eigenvalue weighted by Crippen LogP contribution is 2.27. The molecule has 0 saturated carbocycles. The van der Waals surface area contributed by atoms with E-state index in [0.29, 0.717) is 0 Å². The largest absolute Gasteiger partial charge is 0.482 e. The van der Waals surface area contributed by atoms with Crippen LogP contribution in [-0.2, 0) is 14.3 Å². The van der Waals surface area contributed by atoms with Crippen molar-refractivity contribution in [3.63, 3.8) is 0 Å². The molecule has 2 atom stereocenters. The van der Waals surface area contributed by atoms with Crippen LogP contribution in [0, 0.1) is 0 Å². The second-order valence-corrected chi connectivity index (χ2v) is 3.63. The van der Waals surface area contributed by atoms with Crippen LogP contribution in [0.25, 0.3) is 0 Å². The van der Waals surface area contributed by atoms with Gasteiger partial charge in [-0.3, -0.25) is 0 Å². The third-order valence-electron chi connectivity index (χ3n) is 2.33. The van der Waals surface area contributed by atoms with Crippen molar-refractivity contribution in [2.45, 2.75) is 12.2 Å². The van der Waals surface area contributed by atoms with E-state index >= 15 is 0 Å². The lowest BCUT2D eigenvalue weighted by molar-refractivity contribution is -0.157. The molecular weight excluding hydrogens is 256 g/mol. The van der Waals surface area contributed by atoms with Crippen molar-refractivity contribution < 1.29 is 34.4 Å². The first-order valence-corrected chi connectivity index (χ1v) is 5.35. The van der Waals surface area contributed by atoms with Crippen LogP contribution in [0.4, 0.5) is 0 Å². The number of esters is 1. The van der Waals surface area contributed by atoms with Gasteiger partial charge < -0.3 is 24.8 Å². The molecule has 0 aliphatic rings. The summed E-state index contributed by atoms with van der Waals surface area (Å²) < 4.78 is 9.27. The molecule has 0 fully saturated rings. The molecule has 0 aliphatic heterocycles. The van der Waals surface area contributed by atoms with Gasteiger partial charge in [0, 0.05) is 5.56 Å². The van der Waals surface area contributed by atoms with E-state index in [-0.39, 0.29) is 11.3 Å². The van der Waals surface area contributed by atoms with E-state index in [0.717, 1.165) is 7.11 Å². The number of aliphatic hydroxyl groups excluding tert-OH is 2. The molecule has 19 heavy (non-hydrogen) atoms. The molecule has 0 aliphatic carbocycles. The fourth-order valence-electron chi connectivity index (χ4n) is 1.42. The zero-order valence-electron chi connectivity index (χ0n) is 10.1. The Bertz CT molecular complexity index is 457. The number of ether oxygens (including phenoxy) is 2. The fourth-order valence-corrected chi connectivity index (χ4v) is 1.42. The Morgan fingerprint density at radius 3 is 2.47 bits per heavy atom. The smallest absolute Gasteiger partial charge is 0.341 e. The summed E-state index contributed by atoms with van der Waals surface area (Å²) in [6, 6.07) is 5.95. The predicted octanol–water partition coefficient (Wildman–Crippen LogP) is -0.283. The van der Waals surface area contributed by atoms with Crippen LogP contribution >= 0.6 is 0 Å². The molecule has 0 aromatic heterocycles. The van der Waals surface area contributed by atoms with Crippen LogP contribution < -0.4 is 4.74 Å². The number of aliphatic hydroxyl groups is 2. The second kappa shape index (κ2) is 6.72. The van der Waals surface area contributed by atoms with Crippen molar-refractivity contribution >= 4 is 11.9 Å². The lowest BCUT2D eigenvalue weighted by atomic mass is 10.0. The maximum Gasteiger partial charge on any atom is 0.341 e. The van der Waals surface area contributed by atoms with E-state index < -0.39 is 30.8 Å². The number of benzene rings is 1. The molecule has 0 amide bonds. The van der Waals surface area contributed by atoms with Crippen LogP contribution in [0.15, 0.2) is 24.3 Å². The summed E-state index contributed by atoms with van der Waals surface area (Å²) in [5.74, 6) is -2.11. The van der Waals surface area contributed by atoms with Gasteiger partial charge in [0.1, 0.15) is 11.9 Å². The molecule has 0 spiro atoms. The standard InChI is InChI=1S/C12H14O7/c1-18-12(17)11(16)10(15)7-4-2-3-5-8(7)19-6-9(13)14/h2-5,10-11,15-16H,6H2,1H3,(H,13,14). The number of carbonyl (C=O) groups excluding carboxylic acids is 1. The van der Waals surface area contributed by atoms with E-state index in [2.05, 4.69) is 4.74 Å². The molecule has 104 valence electrons. The third kappa shape index (κ3) is 3.94. The summed E-state index contributed by atoms with van der Waals surface area (Å²) in [4.78, 5) is 21.6. The van der Waals surface area contributed by atoms with Crippen LogP contribution in [0.2, 0.25) is 0 Å². The van der Waals surface area contributed by atoms with Gasteiger partial charge in [0.25, 0.3) is 0 Å². The van der Waals surface area contributed by atoms with Crippen molar-refractivity contribution in [1.82, 2.24) is 0 Å². The molecule has 0 saturated heterocycles. The Morgan fingerprint density at radius 2 is 1.89 bits per heavy atom. The molecule has 7 nitrogen and oxygen atoms in total. The summed E-state index contributed by atoms with van der Waals surface area (Å²) in [5.41, 5.74) is 0.0988. The van der Waals surface area contributed by atoms with E-state index in [1.807, 2.05) is 0 Å². The molecule has 1 rings (SSSR count). The van der Waals surface area contributed by atoms with Gasteiger partial charge in [0.05, 0.1) is 7.11 Å². The highest BCUT2D eigenvalue weighted by Gasteiger charge is 2.28. The normalized spacial score (nSPS) is 13.4. The Hall–Kier alpha value is -2.12. The van der Waals surface area contributed by atoms with Crippen molar-refractivity contribution in [3.8, 4) is 5.75 Å². The quantitative estimate of drug-likeness (QED) is 0.609. The van der Waals surface area contributed by atoms with Gasteiger partial charge in [0.15, 0.2) is 12.7 Å². The number of rotatable bonds is 6. The molecule has 7 heteroatoms. The van der Waals surface area contributed by atoms with Gasteiger partial charge in [-0.15, -0.1) is 0 Å². The Morgan fingerprint density at radius 1 is 1.26 bits per heavy atom. The molecule has 3 N–H and O–H groups in total. The Kier molecular flexibility index (Phi) is 5.28. The SMILES string of the molecule is COC(=O)C(O)C(O)c1ccccc1OCC(=O)O. The van der Waals surface area contributed by atoms with Gasteiger partial charge in [0.2, 0.25) is 0 Å². The molecule has 0 heterocycles. The van der Waals surface area contributed by atoms with E-state index in [4.69, 9.17) is 9.84 Å². The zero-order chi connectivity index (χ0) is 14.4.